The van der Waals surface area contributed by atoms with Gasteiger partial charge in [0.25, 0.3) is 0 Å². The Morgan fingerprint density at radius 2 is 0.794 bits per heavy atom. The molecule has 0 saturated heterocycles. The van der Waals surface area contributed by atoms with Crippen LogP contribution in [0.3, 0.4) is 0 Å². The van der Waals surface area contributed by atoms with Gasteiger partial charge in [0.1, 0.15) is 20.2 Å². The molecule has 4 rings (SSSR count). The first-order valence-corrected chi connectivity index (χ1v) is 24.5. The van der Waals surface area contributed by atoms with E-state index in [1.165, 1.54) is 24.3 Å². The number of aliphatic hydroxyl groups excluding tert-OH is 2. The quantitative estimate of drug-likeness (QED) is 0.0183. The molecule has 0 amide bonds. The van der Waals surface area contributed by atoms with Crippen molar-refractivity contribution in [2.75, 3.05) is 82.8 Å². The van der Waals surface area contributed by atoms with E-state index in [0.717, 1.165) is 24.3 Å². The summed E-state index contributed by atoms with van der Waals surface area (Å²) < 4.78 is 141. The molecule has 4 aromatic rings. The van der Waals surface area contributed by atoms with Gasteiger partial charge >= 0.3 is 118 Å². The van der Waals surface area contributed by atoms with Crippen LogP contribution in [0.25, 0.3) is 12.2 Å². The van der Waals surface area contributed by atoms with Crippen LogP contribution in [0.5, 0.6) is 0 Å². The molecular formula is C34H44N12Na4O14S4. The number of hydrogen-bond acceptors (Lipinski definition) is 26. The van der Waals surface area contributed by atoms with Crippen LogP contribution in [0.1, 0.15) is 38.8 Å². The maximum atomic E-state index is 12.5. The van der Waals surface area contributed by atoms with Crippen molar-refractivity contribution in [1.29, 1.82) is 0 Å². The fourth-order valence-corrected chi connectivity index (χ4v) is 6.97. The Bertz CT molecular complexity index is 2630. The van der Waals surface area contributed by atoms with Gasteiger partial charge in [-0.3, -0.25) is 0 Å². The number of nitrogens with zero attached hydrogens (tertiary/aromatic N) is 6. The predicted molar refractivity (Wildman–Crippen MR) is 229 cm³/mol. The number of hydrogen-bond donors (Lipinski definition) is 8. The molecule has 0 unspecified atom stereocenters. The molecule has 0 atom stereocenters. The van der Waals surface area contributed by atoms with Gasteiger partial charge in [0, 0.05) is 61.6 Å². The van der Waals surface area contributed by atoms with E-state index >= 15 is 0 Å². The van der Waals surface area contributed by atoms with Gasteiger partial charge in [-0.15, -0.1) is 0 Å². The minimum atomic E-state index is -5.24. The van der Waals surface area contributed by atoms with E-state index in [2.05, 4.69) is 61.8 Å². The summed E-state index contributed by atoms with van der Waals surface area (Å²) in [5, 5.41) is 35.6. The second-order valence-corrected chi connectivity index (χ2v) is 21.1. The zero-order chi connectivity index (χ0) is 47.7. The number of aromatic nitrogens is 6. The minimum Gasteiger partial charge on any atom is -0.748 e. The van der Waals surface area contributed by atoms with Gasteiger partial charge in [-0.1, -0.05) is 52.0 Å². The third-order valence-electron chi connectivity index (χ3n) is 8.37. The molecule has 26 nitrogen and oxygen atoms in total. The Morgan fingerprint density at radius 3 is 1.07 bits per heavy atom. The first kappa shape index (κ1) is 66.6. The second-order valence-electron chi connectivity index (χ2n) is 15.3. The molecule has 0 saturated carbocycles. The van der Waals surface area contributed by atoms with Crippen molar-refractivity contribution in [1.82, 2.24) is 29.9 Å². The summed E-state index contributed by atoms with van der Waals surface area (Å²) in [7, 11) is -19.7. The first-order chi connectivity index (χ1) is 29.5. The van der Waals surface area contributed by atoms with Gasteiger partial charge in [0.15, 0.2) is 0 Å². The van der Waals surface area contributed by atoms with E-state index in [-0.39, 0.29) is 216 Å². The topological polar surface area (TPSA) is 419 Å². The van der Waals surface area contributed by atoms with Gasteiger partial charge in [-0.2, -0.15) is 29.9 Å². The zero-order valence-electron chi connectivity index (χ0n) is 38.4. The molecule has 352 valence electrons. The van der Waals surface area contributed by atoms with E-state index in [4.69, 9.17) is 0 Å². The van der Waals surface area contributed by atoms with Gasteiger partial charge in [-0.25, -0.2) is 33.7 Å². The third-order valence-corrected chi connectivity index (χ3v) is 11.6. The minimum absolute atomic E-state index is 0. The van der Waals surface area contributed by atoms with Gasteiger partial charge in [-0.05, 0) is 35.4 Å². The number of nitrogens with one attached hydrogen (secondary N) is 6. The molecule has 68 heavy (non-hydrogen) atoms. The van der Waals surface area contributed by atoms with E-state index in [1.807, 2.05) is 0 Å². The van der Waals surface area contributed by atoms with Crippen LogP contribution in [-0.4, -0.2) is 143 Å². The monoisotopic (exact) mass is 1060 g/mol. The molecule has 2 heterocycles. The summed E-state index contributed by atoms with van der Waals surface area (Å²) >= 11 is 0. The summed E-state index contributed by atoms with van der Waals surface area (Å²) in [4.78, 5) is 23.2. The van der Waals surface area contributed by atoms with Crippen molar-refractivity contribution in [3.8, 4) is 0 Å². The summed E-state index contributed by atoms with van der Waals surface area (Å²) in [5.74, 6) is -2.63. The van der Waals surface area contributed by atoms with E-state index in [1.54, 1.807) is 27.7 Å². The Labute approximate surface area is 482 Å². The Balaban J connectivity index is 0.0000112. The molecule has 0 spiro atoms. The van der Waals surface area contributed by atoms with Crippen LogP contribution in [0.2, 0.25) is 0 Å². The van der Waals surface area contributed by atoms with Crippen molar-refractivity contribution < 1.29 is 180 Å². The van der Waals surface area contributed by atoms with Crippen LogP contribution in [0.4, 0.5) is 47.1 Å². The van der Waals surface area contributed by atoms with E-state index in [0.29, 0.717) is 0 Å². The Kier molecular flexibility index (Phi) is 27.5. The molecule has 0 fully saturated rings. The molecule has 2 aromatic carbocycles. The Hall–Kier alpha value is -1.44. The van der Waals surface area contributed by atoms with E-state index in [9.17, 15) is 62.1 Å². The Morgan fingerprint density at radius 1 is 0.500 bits per heavy atom. The maximum Gasteiger partial charge on any atom is 1.00 e. The normalized spacial score (nSPS) is 12.1. The van der Waals surface area contributed by atoms with Crippen molar-refractivity contribution in [2.45, 2.75) is 37.5 Å². The fourth-order valence-electron chi connectivity index (χ4n) is 4.87. The molecule has 0 aliphatic heterocycles. The molecule has 34 heteroatoms. The van der Waals surface area contributed by atoms with Crippen LogP contribution < -0.4 is 150 Å². The van der Waals surface area contributed by atoms with Crippen LogP contribution in [-0.2, 0) is 40.5 Å². The summed E-state index contributed by atoms with van der Waals surface area (Å²) in [6, 6.07) is 6.82. The molecule has 8 N–H and O–H groups in total. The standard InChI is InChI=1S/C34H48N12O14S4.4Na/c1-33(2,19-47)17-37-29-41-27(35-11-13-61(49,50)51)43-31(45-29)39-23-9-7-21(25(15-23)63(55,56)57)5-6-22-8-10-24(16-26(22)64(58,59)60)40-32-44-28(36-12-14-62(52,53)54)42-30(46-32)38-18-34(3,4)20-48;;;;/h5-10,15-16,47-48H,11-14,17-20H2,1-4H3,(H,49,50,51)(H,52,53,54)(H,55,56,57)(H,58,59,60)(H3,35,37,39,41,43,45)(H3,36,38,40,42,44,46);;;;/q;4*+1/p-4. The van der Waals surface area contributed by atoms with Crippen LogP contribution in [0, 0.1) is 10.8 Å². The molecular weight excluding hydrogens is 1020 g/mol. The molecule has 0 radical (unpaired) electrons. The first-order valence-electron chi connectivity index (χ1n) is 18.5. The van der Waals surface area contributed by atoms with Crippen molar-refractivity contribution in [3.63, 3.8) is 0 Å². The van der Waals surface area contributed by atoms with Gasteiger partial charge in [0.2, 0.25) is 35.7 Å². The van der Waals surface area contributed by atoms with Crippen molar-refractivity contribution >= 4 is 99.7 Å². The molecule has 0 aliphatic carbocycles. The summed E-state index contributed by atoms with van der Waals surface area (Å²) in [6.45, 7) is 6.05. The average Bonchev–Trinajstić information content (AvgIpc) is 3.17. The van der Waals surface area contributed by atoms with Crippen LogP contribution >= 0.6 is 0 Å². The largest absolute Gasteiger partial charge is 1.00 e. The number of aliphatic hydroxyl groups is 2. The zero-order valence-corrected chi connectivity index (χ0v) is 49.7. The van der Waals surface area contributed by atoms with E-state index < -0.39 is 72.6 Å². The number of rotatable bonds is 24. The number of benzene rings is 2. The average molecular weight is 1070 g/mol. The SMILES string of the molecule is CC(C)(CO)CNc1nc(NCCS(=O)(=O)[O-])nc(Nc2ccc(C=Cc3ccc(Nc4nc(NCCS(=O)(=O)[O-])nc(NCC(C)(C)CO)n4)cc3S(=O)(=O)[O-])c(S(=O)(=O)[O-])c2)n1.[Na+].[Na+].[Na+].[Na+]. The summed E-state index contributed by atoms with van der Waals surface area (Å²) in [6.07, 6.45) is 2.15. The van der Waals surface area contributed by atoms with Crippen LogP contribution in [0.15, 0.2) is 46.2 Å². The molecule has 0 bridgehead atoms. The number of anilines is 8. The van der Waals surface area contributed by atoms with Crippen molar-refractivity contribution in [2.24, 2.45) is 10.8 Å². The molecule has 0 aliphatic rings. The van der Waals surface area contributed by atoms with Crippen molar-refractivity contribution in [3.05, 3.63) is 47.5 Å². The smallest absolute Gasteiger partial charge is 0.748 e. The maximum absolute atomic E-state index is 12.5. The second kappa shape index (κ2) is 28.1. The van der Waals surface area contributed by atoms with Gasteiger partial charge in [0.05, 0.1) is 41.5 Å². The summed E-state index contributed by atoms with van der Waals surface area (Å²) in [5.41, 5.74) is -1.84. The fraction of sp³-hybridized carbons (Fsp3) is 0.412. The predicted octanol–water partition coefficient (Wildman–Crippen LogP) is -11.7. The third kappa shape index (κ3) is 23.4. The van der Waals surface area contributed by atoms with Gasteiger partial charge < -0.3 is 60.3 Å². The molecule has 2 aromatic heterocycles.